The van der Waals surface area contributed by atoms with E-state index in [0.29, 0.717) is 48.9 Å². The lowest BCUT2D eigenvalue weighted by atomic mass is 9.68. The number of hydrogen-bond acceptors (Lipinski definition) is 8. The standard InChI is InChI=1S/C37H44N4O7/c1-6-37(46)26-13-29-32-24(14-41(29)33(43)25(26)15-48-35(37)45)31-27(40-34(44)36(10-7-11-36)16-47-18-38-17-42)9-8-22-21(5)23(20(4)19(2)3)12-28(39-32)30(22)31/h12-13,17,19-20,27,46H,6-11,14-16,18H2,1-5H3,(H,38,42)(H,40,44)/t20?,27?,37-/m0/s1. The molecule has 254 valence electrons. The van der Waals surface area contributed by atoms with E-state index in [-0.39, 0.29) is 61.5 Å². The summed E-state index contributed by atoms with van der Waals surface area (Å²) in [6.45, 7) is 10.9. The highest BCUT2D eigenvalue weighted by Gasteiger charge is 2.47. The van der Waals surface area contributed by atoms with Crippen LogP contribution in [0.2, 0.25) is 0 Å². The minimum absolute atomic E-state index is 0.0466. The predicted octanol–water partition coefficient (Wildman–Crippen LogP) is 4.14. The number of carbonyl (C=O) groups excluding carboxylic acids is 3. The maximum atomic E-state index is 14.1. The van der Waals surface area contributed by atoms with Crippen LogP contribution in [0.3, 0.4) is 0 Å². The number of aromatic nitrogens is 2. The summed E-state index contributed by atoms with van der Waals surface area (Å²) in [6, 6.07) is 3.60. The maximum absolute atomic E-state index is 14.1. The van der Waals surface area contributed by atoms with E-state index in [1.54, 1.807) is 17.6 Å². The third-order valence-corrected chi connectivity index (χ3v) is 11.7. The number of nitrogens with one attached hydrogen (secondary N) is 2. The van der Waals surface area contributed by atoms with Gasteiger partial charge in [-0.2, -0.15) is 0 Å². The molecule has 48 heavy (non-hydrogen) atoms. The Bertz CT molecular complexity index is 1930. The van der Waals surface area contributed by atoms with Crippen molar-refractivity contribution in [2.45, 2.75) is 104 Å². The van der Waals surface area contributed by atoms with Crippen molar-refractivity contribution in [3.05, 3.63) is 61.4 Å². The van der Waals surface area contributed by atoms with Gasteiger partial charge in [0.05, 0.1) is 47.1 Å². The lowest BCUT2D eigenvalue weighted by Crippen LogP contribution is -2.50. The van der Waals surface area contributed by atoms with Gasteiger partial charge >= 0.3 is 5.97 Å². The molecule has 0 radical (unpaired) electrons. The summed E-state index contributed by atoms with van der Waals surface area (Å²) in [6.07, 6.45) is 4.44. The minimum Gasteiger partial charge on any atom is -0.458 e. The lowest BCUT2D eigenvalue weighted by Gasteiger charge is -2.41. The Balaban J connectivity index is 1.40. The summed E-state index contributed by atoms with van der Waals surface area (Å²) in [7, 11) is 0. The van der Waals surface area contributed by atoms with Crippen LogP contribution >= 0.6 is 0 Å². The SMILES string of the molecule is CC[C@@]1(O)C(=O)OCc2c1cc1n(c2=O)Cc2c-1nc1cc(C(C)C(C)C)c(C)c3c1c2C(NC(=O)C1(COCNC=O)CCC1)CC3. The molecule has 2 unspecified atom stereocenters. The Morgan fingerprint density at radius 3 is 2.65 bits per heavy atom. The summed E-state index contributed by atoms with van der Waals surface area (Å²) in [5, 5.41) is 18.4. The summed E-state index contributed by atoms with van der Waals surface area (Å²) in [5.74, 6) is -0.118. The van der Waals surface area contributed by atoms with E-state index in [1.165, 1.54) is 16.7 Å². The van der Waals surface area contributed by atoms with Gasteiger partial charge in [-0.15, -0.1) is 0 Å². The van der Waals surface area contributed by atoms with Gasteiger partial charge in [0.2, 0.25) is 12.3 Å². The second kappa shape index (κ2) is 11.8. The van der Waals surface area contributed by atoms with Crippen LogP contribution in [0.1, 0.15) is 111 Å². The number of amides is 2. The summed E-state index contributed by atoms with van der Waals surface area (Å²) >= 11 is 0. The van der Waals surface area contributed by atoms with Gasteiger partial charge in [-0.3, -0.25) is 14.4 Å². The summed E-state index contributed by atoms with van der Waals surface area (Å²) < 4.78 is 12.6. The number of aryl methyl sites for hydroxylation is 1. The molecule has 3 aromatic rings. The van der Waals surface area contributed by atoms with Crippen molar-refractivity contribution in [3.8, 4) is 11.4 Å². The van der Waals surface area contributed by atoms with Crippen LogP contribution in [0, 0.1) is 18.3 Å². The molecule has 0 spiro atoms. The van der Waals surface area contributed by atoms with Crippen LogP contribution in [-0.4, -0.2) is 46.3 Å². The number of cyclic esters (lactones) is 1. The van der Waals surface area contributed by atoms with Gasteiger partial charge in [0.15, 0.2) is 5.60 Å². The molecule has 3 atom stereocenters. The number of carbonyl (C=O) groups is 3. The molecule has 2 aliphatic carbocycles. The molecule has 4 heterocycles. The van der Waals surface area contributed by atoms with Crippen LogP contribution in [0.5, 0.6) is 0 Å². The number of rotatable bonds is 10. The lowest BCUT2D eigenvalue weighted by molar-refractivity contribution is -0.172. The summed E-state index contributed by atoms with van der Waals surface area (Å²) in [4.78, 5) is 56.8. The fourth-order valence-electron chi connectivity index (χ4n) is 8.28. The molecule has 1 saturated carbocycles. The Morgan fingerprint density at radius 1 is 1.21 bits per heavy atom. The third-order valence-electron chi connectivity index (χ3n) is 11.7. The Hall–Kier alpha value is -4.09. The van der Waals surface area contributed by atoms with Gasteiger partial charge in [-0.25, -0.2) is 9.78 Å². The molecule has 0 bridgehead atoms. The normalized spacial score (nSPS) is 22.3. The zero-order valence-corrected chi connectivity index (χ0v) is 28.3. The van der Waals surface area contributed by atoms with E-state index in [4.69, 9.17) is 14.5 Å². The van der Waals surface area contributed by atoms with Gasteiger partial charge in [0, 0.05) is 16.5 Å². The van der Waals surface area contributed by atoms with Gasteiger partial charge < -0.3 is 29.8 Å². The zero-order chi connectivity index (χ0) is 34.1. The van der Waals surface area contributed by atoms with Crippen molar-refractivity contribution < 1.29 is 29.0 Å². The third kappa shape index (κ3) is 4.72. The fraction of sp³-hybridized carbons (Fsp3) is 0.541. The van der Waals surface area contributed by atoms with Gasteiger partial charge in [-0.1, -0.05) is 34.1 Å². The van der Waals surface area contributed by atoms with Crippen molar-refractivity contribution >= 4 is 29.2 Å². The van der Waals surface area contributed by atoms with Gasteiger partial charge in [0.1, 0.15) is 13.3 Å². The first-order chi connectivity index (χ1) is 23.0. The number of benzene rings is 1. The summed E-state index contributed by atoms with van der Waals surface area (Å²) in [5.41, 5.74) is 5.23. The number of esters is 1. The van der Waals surface area contributed by atoms with E-state index in [2.05, 4.69) is 44.4 Å². The minimum atomic E-state index is -1.92. The number of pyridine rings is 2. The van der Waals surface area contributed by atoms with Gasteiger partial charge in [-0.05, 0) is 85.3 Å². The molecule has 11 heteroatoms. The van der Waals surface area contributed by atoms with Crippen LogP contribution < -0.4 is 16.2 Å². The smallest absolute Gasteiger partial charge is 0.343 e. The first-order valence-corrected chi connectivity index (χ1v) is 17.2. The second-order valence-corrected chi connectivity index (χ2v) is 14.5. The molecular weight excluding hydrogens is 612 g/mol. The second-order valence-electron chi connectivity index (χ2n) is 14.5. The van der Waals surface area contributed by atoms with E-state index in [1.807, 2.05) is 0 Å². The van der Waals surface area contributed by atoms with Crippen LogP contribution in [0.4, 0.5) is 0 Å². The Morgan fingerprint density at radius 2 is 1.98 bits per heavy atom. The van der Waals surface area contributed by atoms with Crippen LogP contribution in [0.15, 0.2) is 16.9 Å². The average Bonchev–Trinajstić information content (AvgIpc) is 3.42. The molecule has 4 aliphatic rings. The molecule has 2 aliphatic heterocycles. The molecule has 3 N–H and O–H groups in total. The number of fused-ring (bicyclic) bond motifs is 5. The number of aliphatic hydroxyl groups is 1. The Labute approximate surface area is 279 Å². The predicted molar refractivity (Wildman–Crippen MR) is 178 cm³/mol. The highest BCUT2D eigenvalue weighted by Crippen LogP contribution is 2.48. The first-order valence-electron chi connectivity index (χ1n) is 17.2. The number of nitrogens with zero attached hydrogens (tertiary/aromatic N) is 2. The van der Waals surface area contributed by atoms with Crippen LogP contribution in [0.25, 0.3) is 22.3 Å². The molecule has 2 amide bonds. The fourth-order valence-corrected chi connectivity index (χ4v) is 8.28. The topological polar surface area (TPSA) is 149 Å². The monoisotopic (exact) mass is 656 g/mol. The first kappa shape index (κ1) is 32.5. The molecule has 11 nitrogen and oxygen atoms in total. The van der Waals surface area contributed by atoms with E-state index >= 15 is 0 Å². The van der Waals surface area contributed by atoms with Crippen molar-refractivity contribution in [3.63, 3.8) is 0 Å². The van der Waals surface area contributed by atoms with Crippen molar-refractivity contribution in [1.29, 1.82) is 0 Å². The molecular formula is C37H44N4O7. The largest absolute Gasteiger partial charge is 0.458 e. The van der Waals surface area contributed by atoms with E-state index in [9.17, 15) is 24.3 Å². The van der Waals surface area contributed by atoms with Crippen molar-refractivity contribution in [2.75, 3.05) is 13.3 Å². The van der Waals surface area contributed by atoms with Crippen LogP contribution in [-0.2, 0) is 49.0 Å². The highest BCUT2D eigenvalue weighted by atomic mass is 16.6. The quantitative estimate of drug-likeness (QED) is 0.0999. The average molecular weight is 657 g/mol. The van der Waals surface area contributed by atoms with Crippen molar-refractivity contribution in [1.82, 2.24) is 20.2 Å². The van der Waals surface area contributed by atoms with Crippen molar-refractivity contribution in [2.24, 2.45) is 11.3 Å². The van der Waals surface area contributed by atoms with E-state index in [0.717, 1.165) is 34.9 Å². The number of ether oxygens (including phenoxy) is 2. The van der Waals surface area contributed by atoms with Gasteiger partial charge in [0.25, 0.3) is 5.56 Å². The molecule has 1 fully saturated rings. The maximum Gasteiger partial charge on any atom is 0.343 e. The van der Waals surface area contributed by atoms with E-state index < -0.39 is 17.0 Å². The number of hydrogen-bond donors (Lipinski definition) is 3. The Kier molecular flexibility index (Phi) is 7.98. The molecule has 1 aromatic carbocycles. The molecule has 2 aromatic heterocycles. The molecule has 0 saturated heterocycles. The zero-order valence-electron chi connectivity index (χ0n) is 28.3. The highest BCUT2D eigenvalue weighted by molar-refractivity contribution is 5.95. The molecule has 7 rings (SSSR count).